The van der Waals surface area contributed by atoms with Crippen molar-refractivity contribution in [1.82, 2.24) is 15.2 Å². The van der Waals surface area contributed by atoms with Crippen molar-refractivity contribution < 1.29 is 4.79 Å². The second-order valence-corrected chi connectivity index (χ2v) is 6.05. The SMILES string of the molecule is CCCCCC(=O)NCc1ccc(N2CCN(C)CC2)nc1. The van der Waals surface area contributed by atoms with Gasteiger partial charge < -0.3 is 15.1 Å². The molecule has 0 spiro atoms. The zero-order chi connectivity index (χ0) is 15.8. The summed E-state index contributed by atoms with van der Waals surface area (Å²) in [5.41, 5.74) is 1.06. The molecule has 1 aliphatic rings. The number of aromatic nitrogens is 1. The molecule has 1 saturated heterocycles. The Labute approximate surface area is 133 Å². The molecular formula is C17H28N4O. The average molecular weight is 304 g/mol. The topological polar surface area (TPSA) is 48.5 Å². The maximum absolute atomic E-state index is 11.7. The van der Waals surface area contributed by atoms with E-state index in [1.165, 1.54) is 0 Å². The first kappa shape index (κ1) is 16.7. The van der Waals surface area contributed by atoms with Gasteiger partial charge in [0.05, 0.1) is 0 Å². The van der Waals surface area contributed by atoms with Crippen molar-refractivity contribution >= 4 is 11.7 Å². The quantitative estimate of drug-likeness (QED) is 0.783. The second kappa shape index (κ2) is 8.73. The Morgan fingerprint density at radius 1 is 1.23 bits per heavy atom. The average Bonchev–Trinajstić information content (AvgIpc) is 2.54. The van der Waals surface area contributed by atoms with E-state index in [0.29, 0.717) is 13.0 Å². The number of anilines is 1. The fourth-order valence-electron chi connectivity index (χ4n) is 2.57. The molecular weight excluding hydrogens is 276 g/mol. The van der Waals surface area contributed by atoms with Crippen LogP contribution in [0, 0.1) is 0 Å². The minimum absolute atomic E-state index is 0.136. The van der Waals surface area contributed by atoms with E-state index in [0.717, 1.165) is 56.8 Å². The number of unbranched alkanes of at least 4 members (excludes halogenated alkanes) is 2. The number of likely N-dealkylation sites (N-methyl/N-ethyl adjacent to an activating group) is 1. The van der Waals surface area contributed by atoms with Crippen LogP contribution < -0.4 is 10.2 Å². The van der Waals surface area contributed by atoms with Crippen LogP contribution in [0.2, 0.25) is 0 Å². The molecule has 1 N–H and O–H groups in total. The molecule has 0 atom stereocenters. The highest BCUT2D eigenvalue weighted by molar-refractivity contribution is 5.75. The molecule has 0 aromatic carbocycles. The van der Waals surface area contributed by atoms with Crippen molar-refractivity contribution in [3.05, 3.63) is 23.9 Å². The van der Waals surface area contributed by atoms with Crippen LogP contribution in [0.3, 0.4) is 0 Å². The summed E-state index contributed by atoms with van der Waals surface area (Å²) >= 11 is 0. The lowest BCUT2D eigenvalue weighted by atomic mass is 10.2. The number of rotatable bonds is 7. The molecule has 1 aromatic heterocycles. The fourth-order valence-corrected chi connectivity index (χ4v) is 2.57. The summed E-state index contributed by atoms with van der Waals surface area (Å²) in [7, 11) is 2.15. The van der Waals surface area contributed by atoms with Crippen LogP contribution in [-0.4, -0.2) is 49.0 Å². The molecule has 0 saturated carbocycles. The molecule has 0 bridgehead atoms. The fraction of sp³-hybridized carbons (Fsp3) is 0.647. The summed E-state index contributed by atoms with van der Waals surface area (Å²) in [6, 6.07) is 4.12. The summed E-state index contributed by atoms with van der Waals surface area (Å²) in [5.74, 6) is 1.17. The first-order valence-electron chi connectivity index (χ1n) is 8.34. The lowest BCUT2D eigenvalue weighted by Crippen LogP contribution is -2.44. The molecule has 122 valence electrons. The van der Waals surface area contributed by atoms with Crippen LogP contribution in [0.1, 0.15) is 38.2 Å². The molecule has 5 heteroatoms. The predicted molar refractivity (Wildman–Crippen MR) is 89.9 cm³/mol. The van der Waals surface area contributed by atoms with Crippen molar-refractivity contribution in [2.45, 2.75) is 39.2 Å². The van der Waals surface area contributed by atoms with E-state index >= 15 is 0 Å². The van der Waals surface area contributed by atoms with Gasteiger partial charge >= 0.3 is 0 Å². The summed E-state index contributed by atoms with van der Waals surface area (Å²) < 4.78 is 0. The highest BCUT2D eigenvalue weighted by atomic mass is 16.1. The Morgan fingerprint density at radius 2 is 2.00 bits per heavy atom. The Balaban J connectivity index is 1.76. The number of carbonyl (C=O) groups is 1. The van der Waals surface area contributed by atoms with Crippen molar-refractivity contribution in [1.29, 1.82) is 0 Å². The van der Waals surface area contributed by atoms with Crippen LogP contribution in [-0.2, 0) is 11.3 Å². The molecule has 2 rings (SSSR count). The lowest BCUT2D eigenvalue weighted by molar-refractivity contribution is -0.121. The van der Waals surface area contributed by atoms with Gasteiger partial charge in [0.2, 0.25) is 5.91 Å². The predicted octanol–water partition coefficient (Wildman–Crippen LogP) is 2.03. The monoisotopic (exact) mass is 304 g/mol. The molecule has 0 radical (unpaired) electrons. The summed E-state index contributed by atoms with van der Waals surface area (Å²) in [6.07, 6.45) is 5.74. The van der Waals surface area contributed by atoms with E-state index in [4.69, 9.17) is 0 Å². The lowest BCUT2D eigenvalue weighted by Gasteiger charge is -2.33. The number of piperazine rings is 1. The van der Waals surface area contributed by atoms with Crippen molar-refractivity contribution in [2.24, 2.45) is 0 Å². The van der Waals surface area contributed by atoms with E-state index in [1.54, 1.807) is 0 Å². The first-order valence-corrected chi connectivity index (χ1v) is 8.34. The molecule has 22 heavy (non-hydrogen) atoms. The van der Waals surface area contributed by atoms with Crippen molar-refractivity contribution in [2.75, 3.05) is 38.1 Å². The summed E-state index contributed by atoms with van der Waals surface area (Å²) in [6.45, 7) is 6.93. The van der Waals surface area contributed by atoms with Gasteiger partial charge in [0.15, 0.2) is 0 Å². The molecule has 1 amide bonds. The van der Waals surface area contributed by atoms with Crippen LogP contribution in [0.4, 0.5) is 5.82 Å². The molecule has 5 nitrogen and oxygen atoms in total. The number of nitrogens with one attached hydrogen (secondary N) is 1. The molecule has 0 unspecified atom stereocenters. The summed E-state index contributed by atoms with van der Waals surface area (Å²) in [4.78, 5) is 20.9. The van der Waals surface area contributed by atoms with Gasteiger partial charge in [-0.05, 0) is 25.1 Å². The summed E-state index contributed by atoms with van der Waals surface area (Å²) in [5, 5.41) is 2.96. The van der Waals surface area contributed by atoms with E-state index in [-0.39, 0.29) is 5.91 Å². The minimum Gasteiger partial charge on any atom is -0.354 e. The highest BCUT2D eigenvalue weighted by Gasteiger charge is 2.14. The van der Waals surface area contributed by atoms with E-state index < -0.39 is 0 Å². The number of hydrogen-bond donors (Lipinski definition) is 1. The van der Waals surface area contributed by atoms with Gasteiger partial charge in [0.1, 0.15) is 5.82 Å². The van der Waals surface area contributed by atoms with Crippen molar-refractivity contribution in [3.8, 4) is 0 Å². The third-order valence-corrected chi connectivity index (χ3v) is 4.13. The van der Waals surface area contributed by atoms with Gasteiger partial charge in [-0.15, -0.1) is 0 Å². The second-order valence-electron chi connectivity index (χ2n) is 6.05. The molecule has 1 aliphatic heterocycles. The smallest absolute Gasteiger partial charge is 0.220 e. The third kappa shape index (κ3) is 5.30. The Kier molecular flexibility index (Phi) is 6.65. The zero-order valence-corrected chi connectivity index (χ0v) is 13.8. The highest BCUT2D eigenvalue weighted by Crippen LogP contribution is 2.13. The molecule has 0 aliphatic carbocycles. The number of nitrogens with zero attached hydrogens (tertiary/aromatic N) is 3. The minimum atomic E-state index is 0.136. The largest absolute Gasteiger partial charge is 0.354 e. The van der Waals surface area contributed by atoms with Crippen LogP contribution in [0.25, 0.3) is 0 Å². The molecule has 2 heterocycles. The van der Waals surface area contributed by atoms with Gasteiger partial charge in [-0.1, -0.05) is 25.8 Å². The van der Waals surface area contributed by atoms with Gasteiger partial charge in [-0.2, -0.15) is 0 Å². The van der Waals surface area contributed by atoms with Crippen LogP contribution in [0.15, 0.2) is 18.3 Å². The Morgan fingerprint density at radius 3 is 2.64 bits per heavy atom. The van der Waals surface area contributed by atoms with Crippen LogP contribution in [0.5, 0.6) is 0 Å². The molecule has 1 fully saturated rings. The van der Waals surface area contributed by atoms with Crippen LogP contribution >= 0.6 is 0 Å². The van der Waals surface area contributed by atoms with Crippen molar-refractivity contribution in [3.63, 3.8) is 0 Å². The van der Waals surface area contributed by atoms with E-state index in [9.17, 15) is 4.79 Å². The number of carbonyl (C=O) groups excluding carboxylic acids is 1. The first-order chi connectivity index (χ1) is 10.7. The molecule has 1 aromatic rings. The standard InChI is InChI=1S/C17H28N4O/c1-3-4-5-6-17(22)19-14-15-7-8-16(18-13-15)21-11-9-20(2)10-12-21/h7-8,13H,3-6,9-12,14H2,1-2H3,(H,19,22). The zero-order valence-electron chi connectivity index (χ0n) is 13.8. The van der Waals surface area contributed by atoms with Gasteiger partial charge in [0.25, 0.3) is 0 Å². The van der Waals surface area contributed by atoms with Gasteiger partial charge in [0, 0.05) is 45.3 Å². The number of amides is 1. The normalized spacial score (nSPS) is 15.8. The number of hydrogen-bond acceptors (Lipinski definition) is 4. The maximum Gasteiger partial charge on any atom is 0.220 e. The van der Waals surface area contributed by atoms with E-state index in [1.807, 2.05) is 6.20 Å². The van der Waals surface area contributed by atoms with Gasteiger partial charge in [-0.25, -0.2) is 4.98 Å². The van der Waals surface area contributed by atoms with E-state index in [2.05, 4.69) is 46.2 Å². The van der Waals surface area contributed by atoms with Gasteiger partial charge in [-0.3, -0.25) is 4.79 Å². The Bertz CT molecular complexity index is 452. The maximum atomic E-state index is 11.7. The number of pyridine rings is 1. The third-order valence-electron chi connectivity index (χ3n) is 4.13. The Hall–Kier alpha value is -1.62.